The third-order valence-electron chi connectivity index (χ3n) is 3.97. The van der Waals surface area contributed by atoms with Crippen LogP contribution >= 0.6 is 0 Å². The molecule has 3 rings (SSSR count). The van der Waals surface area contributed by atoms with Crippen LogP contribution in [0.3, 0.4) is 0 Å². The number of rotatable bonds is 4. The Morgan fingerprint density at radius 1 is 0.957 bits per heavy atom. The van der Waals surface area contributed by atoms with Gasteiger partial charge in [0.15, 0.2) is 12.2 Å². The molecule has 2 aromatic carbocycles. The van der Waals surface area contributed by atoms with Crippen LogP contribution in [0.25, 0.3) is 0 Å². The van der Waals surface area contributed by atoms with Crippen molar-refractivity contribution in [3.05, 3.63) is 59.2 Å². The van der Waals surface area contributed by atoms with Gasteiger partial charge < -0.3 is 18.9 Å². The minimum Gasteiger partial charge on any atom is -0.497 e. The fourth-order valence-corrected chi connectivity index (χ4v) is 2.85. The standard InChI is InChI=1S/C18H18O5/c1-20-12-9-7-11(8-10-12)16-13-5-4-6-14(21-2)15(13)17(22-3)18(19)23-16/h4-10,16-17H,1-3H3. The smallest absolute Gasteiger partial charge is 0.341 e. The first-order valence-electron chi connectivity index (χ1n) is 7.23. The number of hydrogen-bond donors (Lipinski definition) is 0. The Balaban J connectivity index is 2.11. The number of cyclic esters (lactones) is 1. The van der Waals surface area contributed by atoms with Gasteiger partial charge in [-0.2, -0.15) is 0 Å². The Bertz CT molecular complexity index is 708. The van der Waals surface area contributed by atoms with Gasteiger partial charge in [-0.05, 0) is 23.8 Å². The van der Waals surface area contributed by atoms with E-state index in [9.17, 15) is 4.79 Å². The van der Waals surface area contributed by atoms with Crippen LogP contribution in [0.5, 0.6) is 11.5 Å². The van der Waals surface area contributed by atoms with Crippen LogP contribution in [-0.4, -0.2) is 27.3 Å². The number of carbonyl (C=O) groups is 1. The summed E-state index contributed by atoms with van der Waals surface area (Å²) in [6.07, 6.45) is -1.28. The molecule has 0 fully saturated rings. The summed E-state index contributed by atoms with van der Waals surface area (Å²) < 4.78 is 21.5. The maximum Gasteiger partial charge on any atom is 0.341 e. The van der Waals surface area contributed by atoms with E-state index >= 15 is 0 Å². The Labute approximate surface area is 134 Å². The van der Waals surface area contributed by atoms with E-state index in [-0.39, 0.29) is 0 Å². The van der Waals surface area contributed by atoms with Gasteiger partial charge in [-0.3, -0.25) is 0 Å². The molecule has 1 heterocycles. The summed E-state index contributed by atoms with van der Waals surface area (Å²) in [5, 5.41) is 0. The lowest BCUT2D eigenvalue weighted by atomic mass is 9.90. The minimum atomic E-state index is -0.782. The van der Waals surface area contributed by atoms with Gasteiger partial charge in [0.2, 0.25) is 0 Å². The molecule has 2 unspecified atom stereocenters. The third kappa shape index (κ3) is 2.64. The zero-order valence-corrected chi connectivity index (χ0v) is 13.2. The zero-order chi connectivity index (χ0) is 16.4. The number of ether oxygens (including phenoxy) is 4. The highest BCUT2D eigenvalue weighted by Crippen LogP contribution is 2.43. The third-order valence-corrected chi connectivity index (χ3v) is 3.97. The monoisotopic (exact) mass is 314 g/mol. The van der Waals surface area contributed by atoms with E-state index in [1.54, 1.807) is 14.2 Å². The summed E-state index contributed by atoms with van der Waals surface area (Å²) in [7, 11) is 4.67. The van der Waals surface area contributed by atoms with Crippen molar-refractivity contribution in [1.82, 2.24) is 0 Å². The molecule has 0 spiro atoms. The fourth-order valence-electron chi connectivity index (χ4n) is 2.85. The summed E-state index contributed by atoms with van der Waals surface area (Å²) in [4.78, 5) is 12.3. The zero-order valence-electron chi connectivity index (χ0n) is 13.2. The molecule has 0 radical (unpaired) electrons. The van der Waals surface area contributed by atoms with Crippen molar-refractivity contribution in [1.29, 1.82) is 0 Å². The summed E-state index contributed by atoms with van der Waals surface area (Å²) in [6.45, 7) is 0. The lowest BCUT2D eigenvalue weighted by molar-refractivity contribution is -0.163. The molecular weight excluding hydrogens is 296 g/mol. The van der Waals surface area contributed by atoms with Gasteiger partial charge in [0, 0.05) is 18.2 Å². The second kappa shape index (κ2) is 6.30. The van der Waals surface area contributed by atoms with E-state index in [4.69, 9.17) is 18.9 Å². The molecule has 5 nitrogen and oxygen atoms in total. The van der Waals surface area contributed by atoms with Crippen molar-refractivity contribution < 1.29 is 23.7 Å². The van der Waals surface area contributed by atoms with Gasteiger partial charge in [-0.15, -0.1) is 0 Å². The van der Waals surface area contributed by atoms with Gasteiger partial charge in [0.05, 0.1) is 14.2 Å². The first-order chi connectivity index (χ1) is 11.2. The van der Waals surface area contributed by atoms with Crippen LogP contribution in [0.15, 0.2) is 42.5 Å². The summed E-state index contributed by atoms with van der Waals surface area (Å²) in [6, 6.07) is 13.1. The number of benzene rings is 2. The fraction of sp³-hybridized carbons (Fsp3) is 0.278. The average molecular weight is 314 g/mol. The Hall–Kier alpha value is -2.53. The van der Waals surface area contributed by atoms with Crippen LogP contribution < -0.4 is 9.47 Å². The van der Waals surface area contributed by atoms with Gasteiger partial charge in [0.1, 0.15) is 11.5 Å². The molecule has 0 saturated heterocycles. The van der Waals surface area contributed by atoms with Gasteiger partial charge in [-0.1, -0.05) is 24.3 Å². The molecule has 0 bridgehead atoms. The van der Waals surface area contributed by atoms with Crippen molar-refractivity contribution in [2.75, 3.05) is 21.3 Å². The summed E-state index contributed by atoms with van der Waals surface area (Å²) >= 11 is 0. The molecule has 2 aromatic rings. The topological polar surface area (TPSA) is 54.0 Å². The number of methoxy groups -OCH3 is 3. The molecule has 5 heteroatoms. The average Bonchev–Trinajstić information content (AvgIpc) is 2.60. The molecule has 0 aliphatic carbocycles. The number of hydrogen-bond acceptors (Lipinski definition) is 5. The molecule has 0 aromatic heterocycles. The summed E-state index contributed by atoms with van der Waals surface area (Å²) in [5.41, 5.74) is 2.44. The maximum atomic E-state index is 12.3. The molecular formula is C18H18O5. The normalized spacial score (nSPS) is 19.7. The molecule has 120 valence electrons. The van der Waals surface area contributed by atoms with Crippen molar-refractivity contribution in [2.24, 2.45) is 0 Å². The van der Waals surface area contributed by atoms with Crippen LogP contribution in [0.1, 0.15) is 28.9 Å². The van der Waals surface area contributed by atoms with Crippen molar-refractivity contribution in [3.63, 3.8) is 0 Å². The van der Waals surface area contributed by atoms with E-state index in [1.165, 1.54) is 7.11 Å². The predicted octanol–water partition coefficient (Wildman–Crippen LogP) is 3.04. The molecule has 0 saturated carbocycles. The first kappa shape index (κ1) is 15.4. The van der Waals surface area contributed by atoms with Crippen LogP contribution in [0, 0.1) is 0 Å². The number of carbonyl (C=O) groups excluding carboxylic acids is 1. The largest absolute Gasteiger partial charge is 0.497 e. The second-order valence-electron chi connectivity index (χ2n) is 5.17. The first-order valence-corrected chi connectivity index (χ1v) is 7.23. The molecule has 0 amide bonds. The molecule has 0 N–H and O–H groups in total. The molecule has 2 atom stereocenters. The van der Waals surface area contributed by atoms with Crippen molar-refractivity contribution in [3.8, 4) is 11.5 Å². The second-order valence-corrected chi connectivity index (χ2v) is 5.17. The maximum absolute atomic E-state index is 12.3. The van der Waals surface area contributed by atoms with E-state index in [1.807, 2.05) is 42.5 Å². The van der Waals surface area contributed by atoms with Crippen molar-refractivity contribution in [2.45, 2.75) is 12.2 Å². The molecule has 23 heavy (non-hydrogen) atoms. The van der Waals surface area contributed by atoms with Crippen LogP contribution in [-0.2, 0) is 14.3 Å². The molecule has 1 aliphatic heterocycles. The number of esters is 1. The van der Waals surface area contributed by atoms with Gasteiger partial charge in [0.25, 0.3) is 0 Å². The highest BCUT2D eigenvalue weighted by molar-refractivity contribution is 5.81. The van der Waals surface area contributed by atoms with Crippen molar-refractivity contribution >= 4 is 5.97 Å². The van der Waals surface area contributed by atoms with Gasteiger partial charge in [-0.25, -0.2) is 4.79 Å². The highest BCUT2D eigenvalue weighted by Gasteiger charge is 2.38. The number of fused-ring (bicyclic) bond motifs is 1. The highest BCUT2D eigenvalue weighted by atomic mass is 16.6. The van der Waals surface area contributed by atoms with E-state index in [2.05, 4.69) is 0 Å². The van der Waals surface area contributed by atoms with Crippen LogP contribution in [0.4, 0.5) is 0 Å². The Kier molecular flexibility index (Phi) is 4.21. The van der Waals surface area contributed by atoms with Crippen LogP contribution in [0.2, 0.25) is 0 Å². The minimum absolute atomic E-state index is 0.426. The lowest BCUT2D eigenvalue weighted by Crippen LogP contribution is -2.28. The lowest BCUT2D eigenvalue weighted by Gasteiger charge is -2.31. The van der Waals surface area contributed by atoms with Gasteiger partial charge >= 0.3 is 5.97 Å². The Morgan fingerprint density at radius 3 is 2.30 bits per heavy atom. The Morgan fingerprint density at radius 2 is 1.70 bits per heavy atom. The quantitative estimate of drug-likeness (QED) is 0.812. The summed E-state index contributed by atoms with van der Waals surface area (Å²) in [5.74, 6) is 0.936. The molecule has 1 aliphatic rings. The van der Waals surface area contributed by atoms with E-state index < -0.39 is 18.2 Å². The predicted molar refractivity (Wildman–Crippen MR) is 83.7 cm³/mol. The van der Waals surface area contributed by atoms with E-state index in [0.29, 0.717) is 5.75 Å². The van der Waals surface area contributed by atoms with E-state index in [0.717, 1.165) is 22.4 Å². The SMILES string of the molecule is COc1ccc(C2OC(=O)C(OC)c3c(OC)cccc32)cc1.